The molecule has 3 aromatic rings. The zero-order chi connectivity index (χ0) is 18.5. The van der Waals surface area contributed by atoms with Crippen LogP contribution >= 0.6 is 12.4 Å². The topological polar surface area (TPSA) is 62.6 Å². The summed E-state index contributed by atoms with van der Waals surface area (Å²) in [5.74, 6) is 1.03. The zero-order valence-corrected chi connectivity index (χ0v) is 17.0. The summed E-state index contributed by atoms with van der Waals surface area (Å²) in [6.07, 6.45) is 2.82. The molecular weight excluding hydrogens is 376 g/mol. The van der Waals surface area contributed by atoms with E-state index in [1.165, 1.54) is 11.1 Å². The summed E-state index contributed by atoms with van der Waals surface area (Å²) >= 11 is 0. The van der Waals surface area contributed by atoms with E-state index in [0.29, 0.717) is 0 Å². The van der Waals surface area contributed by atoms with E-state index in [9.17, 15) is 4.79 Å². The molecule has 0 fully saturated rings. The molecule has 2 aliphatic rings. The highest BCUT2D eigenvalue weighted by atomic mass is 35.5. The van der Waals surface area contributed by atoms with Crippen molar-refractivity contribution in [3.05, 3.63) is 62.7 Å². The molecule has 4 heterocycles. The Morgan fingerprint density at radius 3 is 2.93 bits per heavy atom. The van der Waals surface area contributed by atoms with Crippen molar-refractivity contribution in [2.24, 2.45) is 0 Å². The number of halogens is 1. The minimum atomic E-state index is 0. The van der Waals surface area contributed by atoms with E-state index in [1.807, 2.05) is 13.0 Å². The van der Waals surface area contributed by atoms with Gasteiger partial charge in [0.2, 0.25) is 0 Å². The molecule has 1 unspecified atom stereocenters. The summed E-state index contributed by atoms with van der Waals surface area (Å²) < 4.78 is 7.38. The van der Waals surface area contributed by atoms with Gasteiger partial charge in [-0.3, -0.25) is 14.8 Å². The number of aromatic amines is 1. The third kappa shape index (κ3) is 3.31. The van der Waals surface area contributed by atoms with Crippen LogP contribution < -0.4 is 10.3 Å². The fourth-order valence-electron chi connectivity index (χ4n) is 4.32. The van der Waals surface area contributed by atoms with Gasteiger partial charge in [0.15, 0.2) is 5.65 Å². The number of H-pyrrole nitrogens is 1. The van der Waals surface area contributed by atoms with Crippen LogP contribution in [-0.2, 0) is 25.8 Å². The van der Waals surface area contributed by atoms with E-state index in [2.05, 4.69) is 35.1 Å². The summed E-state index contributed by atoms with van der Waals surface area (Å²) in [5, 5.41) is 3.09. The van der Waals surface area contributed by atoms with Gasteiger partial charge in [-0.1, -0.05) is 12.1 Å². The maximum Gasteiger partial charge on any atom is 0.276 e. The van der Waals surface area contributed by atoms with Gasteiger partial charge in [-0.2, -0.15) is 0 Å². The summed E-state index contributed by atoms with van der Waals surface area (Å²) in [5.41, 5.74) is 6.15. The van der Waals surface area contributed by atoms with E-state index in [4.69, 9.17) is 9.72 Å². The molecular formula is C21H25ClN4O2. The summed E-state index contributed by atoms with van der Waals surface area (Å²) in [4.78, 5) is 20.0. The van der Waals surface area contributed by atoms with Crippen LogP contribution in [0.3, 0.4) is 0 Å². The van der Waals surface area contributed by atoms with E-state index >= 15 is 0 Å². The quantitative estimate of drug-likeness (QED) is 0.718. The molecule has 1 N–H and O–H groups in total. The second-order valence-corrected chi connectivity index (χ2v) is 7.83. The van der Waals surface area contributed by atoms with Gasteiger partial charge in [0.1, 0.15) is 11.9 Å². The number of nitrogens with one attached hydrogen (secondary N) is 1. The number of benzene rings is 1. The molecule has 2 aromatic heterocycles. The summed E-state index contributed by atoms with van der Waals surface area (Å²) in [6, 6.07) is 8.46. The van der Waals surface area contributed by atoms with Crippen molar-refractivity contribution in [2.75, 3.05) is 13.1 Å². The smallest absolute Gasteiger partial charge is 0.276 e. The monoisotopic (exact) mass is 400 g/mol. The van der Waals surface area contributed by atoms with Crippen molar-refractivity contribution in [2.45, 2.75) is 45.8 Å². The highest BCUT2D eigenvalue weighted by Crippen LogP contribution is 2.29. The molecule has 0 saturated heterocycles. The predicted molar refractivity (Wildman–Crippen MR) is 111 cm³/mol. The first-order chi connectivity index (χ1) is 13.1. The third-order valence-electron chi connectivity index (χ3n) is 5.63. The second-order valence-electron chi connectivity index (χ2n) is 7.83. The van der Waals surface area contributed by atoms with Crippen LogP contribution in [0.2, 0.25) is 0 Å². The average Bonchev–Trinajstić information content (AvgIpc) is 3.12. The van der Waals surface area contributed by atoms with Gasteiger partial charge >= 0.3 is 0 Å². The van der Waals surface area contributed by atoms with Crippen molar-refractivity contribution < 1.29 is 4.74 Å². The molecule has 2 aliphatic heterocycles. The molecule has 28 heavy (non-hydrogen) atoms. The molecule has 0 radical (unpaired) electrons. The van der Waals surface area contributed by atoms with E-state index < -0.39 is 0 Å². The Kier molecular flexibility index (Phi) is 4.93. The van der Waals surface area contributed by atoms with Gasteiger partial charge in [-0.25, -0.2) is 9.50 Å². The lowest BCUT2D eigenvalue weighted by molar-refractivity contribution is 0.254. The molecule has 0 bridgehead atoms. The first kappa shape index (κ1) is 19.0. The van der Waals surface area contributed by atoms with E-state index in [0.717, 1.165) is 67.2 Å². The number of nitrogens with zero attached hydrogens (tertiary/aromatic N) is 3. The number of aryl methyl sites for hydroxylation is 1. The standard InChI is InChI=1S/C21H24N4O2.ClH/c1-13-9-20-22-18-6-8-24(7-5-17(18)21(26)25(20)23-13)12-15-3-4-19-16(11-15)10-14(2)27-19;/h3-4,9,11,14,23H,5-8,10,12H2,1-2H3;1H. The molecule has 0 saturated carbocycles. The Morgan fingerprint density at radius 2 is 2.07 bits per heavy atom. The van der Waals surface area contributed by atoms with Gasteiger partial charge in [-0.15, -0.1) is 12.4 Å². The van der Waals surface area contributed by atoms with Crippen molar-refractivity contribution >= 4 is 18.1 Å². The third-order valence-corrected chi connectivity index (χ3v) is 5.63. The van der Waals surface area contributed by atoms with Crippen LogP contribution in [-0.4, -0.2) is 38.7 Å². The SMILES string of the molecule is Cc1cc2nc3c(c(=O)n2[nH]1)CCN(Cc1ccc2c(c1)CC(C)O2)CC3.Cl. The van der Waals surface area contributed by atoms with Crippen molar-refractivity contribution in [3.8, 4) is 5.75 Å². The molecule has 0 amide bonds. The predicted octanol–water partition coefficient (Wildman–Crippen LogP) is 2.68. The number of hydrogen-bond acceptors (Lipinski definition) is 4. The average molecular weight is 401 g/mol. The number of fused-ring (bicyclic) bond motifs is 3. The molecule has 7 heteroatoms. The number of aromatic nitrogens is 3. The Bertz CT molecular complexity index is 1090. The molecule has 1 aromatic carbocycles. The highest BCUT2D eigenvalue weighted by molar-refractivity contribution is 5.85. The van der Waals surface area contributed by atoms with Crippen molar-refractivity contribution in [3.63, 3.8) is 0 Å². The normalized spacial score (nSPS) is 18.9. The molecule has 0 spiro atoms. The van der Waals surface area contributed by atoms with Gasteiger partial charge in [0, 0.05) is 49.8 Å². The molecule has 148 valence electrons. The largest absolute Gasteiger partial charge is 0.490 e. The van der Waals surface area contributed by atoms with Crippen LogP contribution in [0.25, 0.3) is 5.65 Å². The molecule has 6 nitrogen and oxygen atoms in total. The van der Waals surface area contributed by atoms with Crippen LogP contribution in [0, 0.1) is 6.92 Å². The molecule has 0 aliphatic carbocycles. The van der Waals surface area contributed by atoms with Crippen molar-refractivity contribution in [1.82, 2.24) is 19.5 Å². The maximum atomic E-state index is 12.8. The minimum Gasteiger partial charge on any atom is -0.490 e. The molecule has 5 rings (SSSR count). The lowest BCUT2D eigenvalue weighted by Crippen LogP contribution is -2.26. The first-order valence-corrected chi connectivity index (χ1v) is 9.68. The van der Waals surface area contributed by atoms with Crippen LogP contribution in [0.15, 0.2) is 29.1 Å². The Balaban J connectivity index is 0.00000192. The van der Waals surface area contributed by atoms with Crippen LogP contribution in [0.5, 0.6) is 5.75 Å². The van der Waals surface area contributed by atoms with Gasteiger partial charge < -0.3 is 4.74 Å². The van der Waals surface area contributed by atoms with E-state index in [1.54, 1.807) is 4.52 Å². The number of hydrogen-bond donors (Lipinski definition) is 1. The second kappa shape index (κ2) is 7.26. The van der Waals surface area contributed by atoms with Gasteiger partial charge in [-0.05, 0) is 37.5 Å². The Labute approximate surface area is 169 Å². The maximum absolute atomic E-state index is 12.8. The van der Waals surface area contributed by atoms with Crippen molar-refractivity contribution in [1.29, 1.82) is 0 Å². The fraction of sp³-hybridized carbons (Fsp3) is 0.429. The van der Waals surface area contributed by atoms with E-state index in [-0.39, 0.29) is 24.1 Å². The summed E-state index contributed by atoms with van der Waals surface area (Å²) in [6.45, 7) is 6.75. The first-order valence-electron chi connectivity index (χ1n) is 9.68. The van der Waals surface area contributed by atoms with Crippen LogP contribution in [0.4, 0.5) is 0 Å². The Morgan fingerprint density at radius 1 is 1.25 bits per heavy atom. The van der Waals surface area contributed by atoms with Crippen LogP contribution in [0.1, 0.15) is 35.0 Å². The molecule has 1 atom stereocenters. The highest BCUT2D eigenvalue weighted by Gasteiger charge is 2.22. The minimum absolute atomic E-state index is 0. The lowest BCUT2D eigenvalue weighted by Gasteiger charge is -2.19. The lowest BCUT2D eigenvalue weighted by atomic mass is 10.1. The van der Waals surface area contributed by atoms with Gasteiger partial charge in [0.05, 0.1) is 5.69 Å². The fourth-order valence-corrected chi connectivity index (χ4v) is 4.32. The number of ether oxygens (including phenoxy) is 1. The zero-order valence-electron chi connectivity index (χ0n) is 16.2. The van der Waals surface area contributed by atoms with Gasteiger partial charge in [0.25, 0.3) is 5.56 Å². The Hall–Kier alpha value is -2.31. The number of rotatable bonds is 2. The summed E-state index contributed by atoms with van der Waals surface area (Å²) in [7, 11) is 0.